The first-order valence-corrected chi connectivity index (χ1v) is 32.6. The Morgan fingerprint density at radius 2 is 1.38 bits per heavy atom. The van der Waals surface area contributed by atoms with Gasteiger partial charge in [-0.1, -0.05) is 34.6 Å². The number of aryl methyl sites for hydroxylation is 2. The number of aliphatic hydroxyl groups excluding tert-OH is 2. The Bertz CT molecular complexity index is 3330. The number of primary amides is 6. The lowest BCUT2D eigenvalue weighted by atomic mass is 9.56. The summed E-state index contributed by atoms with van der Waals surface area (Å²) >= 11 is 0. The van der Waals surface area contributed by atoms with Gasteiger partial charge in [0.15, 0.2) is 6.23 Å². The summed E-state index contributed by atoms with van der Waals surface area (Å²) in [6, 6.07) is 1.29. The minimum absolute atomic E-state index is 0.0299. The number of allylic oxidation sites excluding steroid dienone is 3. The number of rotatable bonds is 26. The lowest BCUT2D eigenvalue weighted by Gasteiger charge is -2.49. The SMILES string of the molecule is C/C1=C2/N[C@H]([C@H](CC(N)=O)[C@@]2(C)CCC(=O)NC[C@@H](C)OP(=O)(O)O[C@H]2[C@@H](O)[C@@H](n3cnc4cc(C)c(C)cc43)O[C@@H]2CO)[C@]2(C)NC(/C(C)=C3\N/C(=C\C4NC1[C@@H](CCC(N)=O)C4(C)C)[C@@H](CCC(N)=O)[C@]3(C)CC(N)=O)[C@@H](CCC(N)=O)[C@]2(C)CC(N)=O. The quantitative estimate of drug-likeness (QED) is 0.0596. The largest absolute Gasteiger partial charge is 0.472 e. The van der Waals surface area contributed by atoms with E-state index in [0.29, 0.717) is 40.1 Å². The van der Waals surface area contributed by atoms with Gasteiger partial charge in [0.25, 0.3) is 0 Å². The zero-order valence-corrected chi connectivity index (χ0v) is 54.5. The molecule has 498 valence electrons. The topological polar surface area (TPSA) is 459 Å². The summed E-state index contributed by atoms with van der Waals surface area (Å²) in [6.45, 7) is 20.1. The maximum atomic E-state index is 14.4. The van der Waals surface area contributed by atoms with Crippen molar-refractivity contribution in [2.75, 3.05) is 13.2 Å². The zero-order chi connectivity index (χ0) is 66.7. The molecule has 5 fully saturated rings. The Balaban J connectivity index is 1.17. The molecular formula is C62H96N13O14P. The molecule has 6 aliphatic heterocycles. The second-order valence-corrected chi connectivity index (χ2v) is 29.3. The first kappa shape index (κ1) is 69.6. The van der Waals surface area contributed by atoms with E-state index in [2.05, 4.69) is 51.5 Å². The molecule has 28 heteroatoms. The third-order valence-electron chi connectivity index (χ3n) is 21.7. The number of amides is 7. The van der Waals surface area contributed by atoms with Gasteiger partial charge >= 0.3 is 7.82 Å². The molecule has 2 aromatic rings. The van der Waals surface area contributed by atoms with Crippen molar-refractivity contribution in [3.05, 3.63) is 63.9 Å². The highest BCUT2D eigenvalue weighted by molar-refractivity contribution is 7.47. The second kappa shape index (κ2) is 26.0. The van der Waals surface area contributed by atoms with E-state index in [1.807, 2.05) is 67.5 Å². The lowest BCUT2D eigenvalue weighted by molar-refractivity contribution is -0.124. The summed E-state index contributed by atoms with van der Waals surface area (Å²) < 4.78 is 32.3. The molecule has 4 unspecified atom stereocenters. The van der Waals surface area contributed by atoms with E-state index < -0.39 is 156 Å². The molecule has 90 heavy (non-hydrogen) atoms. The van der Waals surface area contributed by atoms with Crippen LogP contribution in [0.4, 0.5) is 0 Å². The summed E-state index contributed by atoms with van der Waals surface area (Å²) in [5.41, 5.74) is 37.8. The molecule has 5 saturated heterocycles. The summed E-state index contributed by atoms with van der Waals surface area (Å²) in [4.78, 5) is 109. The van der Waals surface area contributed by atoms with E-state index >= 15 is 0 Å². The molecule has 18 atom stereocenters. The molecule has 0 radical (unpaired) electrons. The molecular weight excluding hydrogens is 1180 g/mol. The number of aliphatic hydroxyl groups is 2. The second-order valence-electron chi connectivity index (χ2n) is 27.9. The van der Waals surface area contributed by atoms with E-state index in [9.17, 15) is 53.2 Å². The fourth-order valence-electron chi connectivity index (χ4n) is 16.6. The molecule has 1 aromatic carbocycles. The third-order valence-corrected chi connectivity index (χ3v) is 22.9. The van der Waals surface area contributed by atoms with Crippen LogP contribution in [0.15, 0.2) is 52.8 Å². The summed E-state index contributed by atoms with van der Waals surface area (Å²) in [6.07, 6.45) is -3.18. The number of phosphoric ester groups is 1. The molecule has 7 amide bonds. The van der Waals surface area contributed by atoms with Gasteiger partial charge in [0, 0.05) is 126 Å². The fourth-order valence-corrected chi connectivity index (χ4v) is 17.8. The van der Waals surface area contributed by atoms with Crippen LogP contribution in [0.1, 0.15) is 150 Å². The van der Waals surface area contributed by atoms with Crippen molar-refractivity contribution in [3.63, 3.8) is 0 Å². The third kappa shape index (κ3) is 13.2. The standard InChI is InChI=1S/C62H96N13O14P/c1-29-20-39-40(21-30(29)2)75(28-70-39)57-52(84)53(41(27-76)87-57)89-90(85,86)88-31(3)26-69-49(83)18-19-59(8)37(22-46(66)80)56-62(11)61(10,25-48(68)82)36(14-17-45(65)79)51(74-62)33(5)55-60(9,24-47(67)81)34(12-15-43(63)77)38(71-55)23-42-58(6,7)35(13-16-44(64)78)50(72-42)32(4)54(59)73-56/h20-21,23,28,31,34-37,41-42,50-53,56-57,71-74,76,84H,12-19,22,24-27H2,1-11H3,(H2,63,77)(H2,64,78)(H2,65,79)(H2,66,80)(H2,67,81)(H2,68,82)(H,69,83)(H,85,86)/b38-23-,54-32-,55-33-/t31-,34-,35-,36-,37+,41-,42?,50?,51?,52-,53-,56-,57+,59-,60+,61+,62+/m1/s1. The van der Waals surface area contributed by atoms with Gasteiger partial charge in [-0.2, -0.15) is 0 Å². The van der Waals surface area contributed by atoms with Crippen LogP contribution in [0, 0.1) is 59.2 Å². The number of carbonyl (C=O) groups excluding carboxylic acids is 7. The van der Waals surface area contributed by atoms with Crippen molar-refractivity contribution in [2.45, 2.75) is 207 Å². The summed E-state index contributed by atoms with van der Waals surface area (Å²) in [7, 11) is -5.05. The Morgan fingerprint density at radius 3 is 1.98 bits per heavy atom. The average molecular weight is 1280 g/mol. The minimum Gasteiger partial charge on any atom is -0.394 e. The number of nitrogens with one attached hydrogen (secondary N) is 5. The van der Waals surface area contributed by atoms with Crippen molar-refractivity contribution in [3.8, 4) is 0 Å². The van der Waals surface area contributed by atoms with Gasteiger partial charge < -0.3 is 85.4 Å². The Hall–Kier alpha value is -6.29. The predicted octanol–water partition coefficient (Wildman–Crippen LogP) is 1.71. The first-order valence-electron chi connectivity index (χ1n) is 31.1. The Morgan fingerprint density at radius 1 is 0.778 bits per heavy atom. The predicted molar refractivity (Wildman–Crippen MR) is 332 cm³/mol. The van der Waals surface area contributed by atoms with Gasteiger partial charge in [-0.05, 0) is 125 Å². The zero-order valence-electron chi connectivity index (χ0n) is 53.6. The maximum Gasteiger partial charge on any atom is 0.472 e. The number of carbonyl (C=O) groups is 7. The molecule has 0 saturated carbocycles. The van der Waals surface area contributed by atoms with E-state index in [1.54, 1.807) is 4.57 Å². The van der Waals surface area contributed by atoms with Crippen LogP contribution in [-0.4, -0.2) is 133 Å². The van der Waals surface area contributed by atoms with Gasteiger partial charge in [-0.25, -0.2) is 9.55 Å². The highest BCUT2D eigenvalue weighted by Gasteiger charge is 2.68. The molecule has 0 aliphatic carbocycles. The monoisotopic (exact) mass is 1280 g/mol. The lowest BCUT2D eigenvalue weighted by Crippen LogP contribution is -2.64. The number of phosphoric acid groups is 1. The fraction of sp³-hybridized carbons (Fsp3) is 0.677. The maximum absolute atomic E-state index is 14.4. The molecule has 27 nitrogen and oxygen atoms in total. The number of ether oxygens (including phenoxy) is 1. The van der Waals surface area contributed by atoms with E-state index in [4.69, 9.17) is 48.2 Å². The van der Waals surface area contributed by atoms with Crippen LogP contribution < -0.4 is 61.0 Å². The van der Waals surface area contributed by atoms with Crippen LogP contribution in [0.25, 0.3) is 11.0 Å². The molecule has 6 aliphatic rings. The number of hydrogen-bond acceptors (Lipinski definition) is 18. The van der Waals surface area contributed by atoms with Gasteiger partial charge in [-0.3, -0.25) is 42.6 Å². The highest BCUT2D eigenvalue weighted by atomic mass is 31.2. The van der Waals surface area contributed by atoms with E-state index in [0.717, 1.165) is 16.7 Å². The van der Waals surface area contributed by atoms with Gasteiger partial charge in [0.05, 0.1) is 30.1 Å². The Kier molecular flexibility index (Phi) is 20.1. The normalized spacial score (nSPS) is 36.8. The Labute approximate surface area is 525 Å². The summed E-state index contributed by atoms with van der Waals surface area (Å²) in [5.74, 6) is -6.24. The highest BCUT2D eigenvalue weighted by Crippen LogP contribution is 2.62. The van der Waals surface area contributed by atoms with Crippen LogP contribution in [0.2, 0.25) is 0 Å². The number of hydrogen-bond donors (Lipinski definition) is 14. The number of imidazole rings is 1. The number of nitrogens with zero attached hydrogens (tertiary/aromatic N) is 2. The average Bonchev–Trinajstić information content (AvgIpc) is 1.53. The molecule has 8 rings (SSSR count). The number of fused-ring (bicyclic) bond motifs is 10. The van der Waals surface area contributed by atoms with Gasteiger partial charge in [0.1, 0.15) is 18.3 Å². The van der Waals surface area contributed by atoms with Crippen LogP contribution >= 0.6 is 7.82 Å². The van der Waals surface area contributed by atoms with Crippen LogP contribution in [0.5, 0.6) is 0 Å². The molecule has 0 spiro atoms. The van der Waals surface area contributed by atoms with Crippen molar-refractivity contribution >= 4 is 60.2 Å². The van der Waals surface area contributed by atoms with Crippen molar-refractivity contribution in [1.82, 2.24) is 36.1 Å². The van der Waals surface area contributed by atoms with Crippen molar-refractivity contribution in [2.24, 2.45) is 79.7 Å². The number of benzene rings is 1. The number of aromatic nitrogens is 2. The van der Waals surface area contributed by atoms with E-state index in [1.165, 1.54) is 13.3 Å². The molecule has 7 heterocycles. The van der Waals surface area contributed by atoms with E-state index in [-0.39, 0.29) is 76.7 Å². The molecule has 8 bridgehead atoms. The van der Waals surface area contributed by atoms with Crippen LogP contribution in [0.3, 0.4) is 0 Å². The van der Waals surface area contributed by atoms with Gasteiger partial charge in [-0.15, -0.1) is 0 Å². The van der Waals surface area contributed by atoms with Gasteiger partial charge in [0.2, 0.25) is 41.4 Å². The molecule has 1 aromatic heterocycles. The van der Waals surface area contributed by atoms with Crippen molar-refractivity contribution < 1.29 is 67.0 Å². The summed E-state index contributed by atoms with van der Waals surface area (Å²) in [5, 5.41) is 40.2. The number of nitrogens with two attached hydrogens (primary N) is 6. The van der Waals surface area contributed by atoms with Crippen LogP contribution in [-0.2, 0) is 51.9 Å². The smallest absolute Gasteiger partial charge is 0.394 e. The van der Waals surface area contributed by atoms with Crippen molar-refractivity contribution in [1.29, 1.82) is 0 Å². The molecule has 20 N–H and O–H groups in total. The minimum atomic E-state index is -5.05. The first-order chi connectivity index (χ1) is 41.8.